The van der Waals surface area contributed by atoms with Gasteiger partial charge in [-0.3, -0.25) is 9.59 Å². The highest BCUT2D eigenvalue weighted by Crippen LogP contribution is 2.35. The highest BCUT2D eigenvalue weighted by molar-refractivity contribution is 7.20. The molecule has 2 N–H and O–H groups in total. The quantitative estimate of drug-likeness (QED) is 0.686. The molecule has 26 heavy (non-hydrogen) atoms. The lowest BCUT2D eigenvalue weighted by atomic mass is 10.0. The number of carbonyl (C=O) groups is 2. The molecule has 0 saturated carbocycles. The minimum atomic E-state index is -0.906. The van der Waals surface area contributed by atoms with E-state index in [0.717, 1.165) is 6.42 Å². The monoisotopic (exact) mass is 381 g/mol. The summed E-state index contributed by atoms with van der Waals surface area (Å²) in [6.45, 7) is 4.04. The molecule has 2 aromatic heterocycles. The molecule has 9 heteroatoms. The number of thiophene rings is 1. The number of aromatic nitrogens is 2. The summed E-state index contributed by atoms with van der Waals surface area (Å²) < 4.78 is 10.4. The van der Waals surface area contributed by atoms with E-state index in [1.165, 1.54) is 18.4 Å². The van der Waals surface area contributed by atoms with Crippen LogP contribution in [0.25, 0.3) is 10.2 Å². The topological polar surface area (TPSA) is 111 Å². The molecule has 0 aliphatic heterocycles. The van der Waals surface area contributed by atoms with Crippen LogP contribution in [0.2, 0.25) is 0 Å². The molecule has 2 aromatic rings. The number of amides is 1. The molecular formula is C17H23N3O5S. The van der Waals surface area contributed by atoms with E-state index in [1.54, 1.807) is 14.0 Å². The van der Waals surface area contributed by atoms with Crippen molar-refractivity contribution in [2.24, 2.45) is 5.92 Å². The third-order valence-electron chi connectivity index (χ3n) is 3.97. The van der Waals surface area contributed by atoms with Gasteiger partial charge in [-0.15, -0.1) is 11.3 Å². The smallest absolute Gasteiger partial charge is 0.308 e. The van der Waals surface area contributed by atoms with Crippen molar-refractivity contribution in [1.82, 2.24) is 15.3 Å². The van der Waals surface area contributed by atoms with Crippen molar-refractivity contribution >= 4 is 33.4 Å². The second-order valence-electron chi connectivity index (χ2n) is 5.85. The highest BCUT2D eigenvalue weighted by atomic mass is 32.1. The zero-order valence-electron chi connectivity index (χ0n) is 15.3. The summed E-state index contributed by atoms with van der Waals surface area (Å²) >= 11 is 1.23. The lowest BCUT2D eigenvalue weighted by molar-refractivity contribution is -0.141. The molecule has 142 valence electrons. The average Bonchev–Trinajstić information content (AvgIpc) is 2.94. The number of fused-ring (bicyclic) bond motifs is 1. The van der Waals surface area contributed by atoms with Gasteiger partial charge in [0.1, 0.15) is 11.4 Å². The molecule has 1 atom stereocenters. The summed E-state index contributed by atoms with van der Waals surface area (Å²) in [5, 5.41) is 12.6. The highest BCUT2D eigenvalue weighted by Gasteiger charge is 2.23. The summed E-state index contributed by atoms with van der Waals surface area (Å²) in [6, 6.07) is 0. The van der Waals surface area contributed by atoms with Crippen LogP contribution in [0, 0.1) is 12.8 Å². The van der Waals surface area contributed by atoms with Crippen LogP contribution in [-0.4, -0.2) is 47.7 Å². The van der Waals surface area contributed by atoms with Crippen LogP contribution in [0.15, 0.2) is 0 Å². The lowest BCUT2D eigenvalue weighted by Gasteiger charge is -2.12. The fourth-order valence-corrected chi connectivity index (χ4v) is 3.77. The van der Waals surface area contributed by atoms with Crippen LogP contribution in [0.4, 0.5) is 0 Å². The summed E-state index contributed by atoms with van der Waals surface area (Å²) in [4.78, 5) is 33.6. The van der Waals surface area contributed by atoms with E-state index in [1.807, 2.05) is 6.92 Å². The van der Waals surface area contributed by atoms with Gasteiger partial charge in [0.15, 0.2) is 5.82 Å². The largest absolute Gasteiger partial charge is 0.481 e. The number of carboxylic acid groups (broad SMARTS) is 1. The van der Waals surface area contributed by atoms with E-state index in [9.17, 15) is 14.7 Å². The Morgan fingerprint density at radius 2 is 2.04 bits per heavy atom. The number of aliphatic carboxylic acids is 1. The molecule has 0 radical (unpaired) electrons. The number of nitrogens with zero attached hydrogens (tertiary/aromatic N) is 2. The van der Waals surface area contributed by atoms with Crippen molar-refractivity contribution in [2.75, 3.05) is 20.8 Å². The molecule has 0 spiro atoms. The molecule has 0 aromatic carbocycles. The number of carbonyl (C=O) groups excluding carboxylic acids is 1. The van der Waals surface area contributed by atoms with E-state index in [4.69, 9.17) is 9.47 Å². The predicted octanol–water partition coefficient (Wildman–Crippen LogP) is 2.39. The molecule has 1 unspecified atom stereocenters. The number of ether oxygens (including phenoxy) is 2. The first-order valence-corrected chi connectivity index (χ1v) is 9.08. The molecule has 0 bridgehead atoms. The number of carboxylic acids is 1. The Bertz CT molecular complexity index is 805. The second kappa shape index (κ2) is 8.91. The standard InChI is InChI=1S/C17H23N3O5S/c1-5-6-10(17(22)23)7-18-14(21)13-9(2)12-15(25-4)19-11(8-24-3)20-16(12)26-13/h10H,5-8H2,1-4H3,(H,18,21)(H,22,23). The zero-order chi connectivity index (χ0) is 19.3. The van der Waals surface area contributed by atoms with Gasteiger partial charge in [0.2, 0.25) is 5.88 Å². The number of rotatable bonds is 9. The first-order chi connectivity index (χ1) is 12.4. The van der Waals surface area contributed by atoms with Crippen LogP contribution in [0.1, 0.15) is 40.8 Å². The Kier molecular flexibility index (Phi) is 6.87. The molecule has 2 heterocycles. The van der Waals surface area contributed by atoms with Gasteiger partial charge < -0.3 is 19.9 Å². The van der Waals surface area contributed by atoms with Gasteiger partial charge in [0, 0.05) is 13.7 Å². The Morgan fingerprint density at radius 1 is 1.31 bits per heavy atom. The van der Waals surface area contributed by atoms with Crippen LogP contribution in [0.3, 0.4) is 0 Å². The number of hydrogen-bond donors (Lipinski definition) is 2. The molecule has 2 rings (SSSR count). The van der Waals surface area contributed by atoms with Crippen molar-refractivity contribution in [3.63, 3.8) is 0 Å². The number of aryl methyl sites for hydroxylation is 1. The van der Waals surface area contributed by atoms with E-state index >= 15 is 0 Å². The van der Waals surface area contributed by atoms with Crippen molar-refractivity contribution < 1.29 is 24.2 Å². The SMILES string of the molecule is CCCC(CNC(=O)c1sc2nc(COC)nc(OC)c2c1C)C(=O)O. The molecule has 0 aliphatic rings. The van der Waals surface area contributed by atoms with Gasteiger partial charge in [-0.1, -0.05) is 13.3 Å². The predicted molar refractivity (Wildman–Crippen MR) is 97.8 cm³/mol. The Labute approximate surface area is 155 Å². The average molecular weight is 381 g/mol. The Balaban J connectivity index is 2.30. The fourth-order valence-electron chi connectivity index (χ4n) is 2.66. The number of hydrogen-bond acceptors (Lipinski definition) is 7. The Morgan fingerprint density at radius 3 is 2.62 bits per heavy atom. The maximum atomic E-state index is 12.6. The summed E-state index contributed by atoms with van der Waals surface area (Å²) in [7, 11) is 3.06. The van der Waals surface area contributed by atoms with E-state index in [2.05, 4.69) is 15.3 Å². The maximum absolute atomic E-state index is 12.6. The van der Waals surface area contributed by atoms with Crippen molar-refractivity contribution in [3.05, 3.63) is 16.3 Å². The molecule has 0 saturated heterocycles. The first-order valence-electron chi connectivity index (χ1n) is 8.26. The molecule has 0 aliphatic carbocycles. The lowest BCUT2D eigenvalue weighted by Crippen LogP contribution is -2.32. The minimum absolute atomic E-state index is 0.0907. The zero-order valence-corrected chi connectivity index (χ0v) is 16.1. The molecule has 1 amide bonds. The van der Waals surface area contributed by atoms with Gasteiger partial charge in [-0.05, 0) is 18.9 Å². The number of nitrogens with one attached hydrogen (secondary N) is 1. The molecule has 8 nitrogen and oxygen atoms in total. The van der Waals surface area contributed by atoms with Gasteiger partial charge >= 0.3 is 5.97 Å². The summed E-state index contributed by atoms with van der Waals surface area (Å²) in [5.74, 6) is -0.954. The maximum Gasteiger partial charge on any atom is 0.308 e. The van der Waals surface area contributed by atoms with Gasteiger partial charge in [-0.2, -0.15) is 4.98 Å². The Hall–Kier alpha value is -2.26. The summed E-state index contributed by atoms with van der Waals surface area (Å²) in [5.41, 5.74) is 0.714. The first kappa shape index (κ1) is 20.1. The van der Waals surface area contributed by atoms with Crippen LogP contribution in [0.5, 0.6) is 5.88 Å². The van der Waals surface area contributed by atoms with Crippen molar-refractivity contribution in [1.29, 1.82) is 0 Å². The van der Waals surface area contributed by atoms with Gasteiger partial charge in [-0.25, -0.2) is 4.98 Å². The van der Waals surface area contributed by atoms with E-state index < -0.39 is 11.9 Å². The van der Waals surface area contributed by atoms with Crippen LogP contribution in [-0.2, 0) is 16.1 Å². The van der Waals surface area contributed by atoms with Gasteiger partial charge in [0.25, 0.3) is 5.91 Å². The van der Waals surface area contributed by atoms with E-state index in [0.29, 0.717) is 38.8 Å². The fraction of sp³-hybridized carbons (Fsp3) is 0.529. The third kappa shape index (κ3) is 4.28. The molecular weight excluding hydrogens is 358 g/mol. The second-order valence-corrected chi connectivity index (χ2v) is 6.85. The van der Waals surface area contributed by atoms with Crippen LogP contribution < -0.4 is 10.1 Å². The van der Waals surface area contributed by atoms with E-state index in [-0.39, 0.29) is 19.1 Å². The summed E-state index contributed by atoms with van der Waals surface area (Å²) in [6.07, 6.45) is 1.25. The third-order valence-corrected chi connectivity index (χ3v) is 5.16. The van der Waals surface area contributed by atoms with Crippen LogP contribution >= 0.6 is 11.3 Å². The molecule has 0 fully saturated rings. The van der Waals surface area contributed by atoms with Crippen molar-refractivity contribution in [2.45, 2.75) is 33.3 Å². The van der Waals surface area contributed by atoms with Gasteiger partial charge in [0.05, 0.1) is 23.3 Å². The minimum Gasteiger partial charge on any atom is -0.481 e. The normalized spacial score (nSPS) is 12.2. The van der Waals surface area contributed by atoms with Crippen molar-refractivity contribution in [3.8, 4) is 5.88 Å². The number of methoxy groups -OCH3 is 2.